The van der Waals surface area contributed by atoms with Gasteiger partial charge in [-0.3, -0.25) is 9.78 Å². The molecule has 0 atom stereocenters. The number of carbonyl (C=O) groups is 1. The number of anilines is 1. The minimum atomic E-state index is -0.231. The molecule has 3 heterocycles. The van der Waals surface area contributed by atoms with Crippen molar-refractivity contribution in [1.29, 1.82) is 0 Å². The minimum Gasteiger partial charge on any atom is -0.370 e. The monoisotopic (exact) mass is 245 g/mol. The van der Waals surface area contributed by atoms with E-state index in [1.807, 2.05) is 19.2 Å². The topological polar surface area (TPSA) is 45.2 Å². The fourth-order valence-electron chi connectivity index (χ4n) is 2.71. The summed E-state index contributed by atoms with van der Waals surface area (Å²) in [7, 11) is 0. The van der Waals surface area contributed by atoms with E-state index in [2.05, 4.69) is 15.2 Å². The van der Waals surface area contributed by atoms with E-state index in [4.69, 9.17) is 0 Å². The second-order valence-corrected chi connectivity index (χ2v) is 5.62. The van der Waals surface area contributed by atoms with Gasteiger partial charge in [-0.15, -0.1) is 0 Å². The van der Waals surface area contributed by atoms with Crippen LogP contribution in [0.1, 0.15) is 30.1 Å². The van der Waals surface area contributed by atoms with E-state index in [9.17, 15) is 4.79 Å². The predicted octanol–water partition coefficient (Wildman–Crippen LogP) is 1.47. The first-order valence-corrected chi connectivity index (χ1v) is 6.65. The molecule has 0 saturated carbocycles. The molecule has 0 bridgehead atoms. The molecular weight excluding hydrogens is 226 g/mol. The molecule has 0 unspecified atom stereocenters. The first-order valence-electron chi connectivity index (χ1n) is 6.65. The van der Waals surface area contributed by atoms with Gasteiger partial charge in [0.25, 0.3) is 0 Å². The maximum absolute atomic E-state index is 12.4. The van der Waals surface area contributed by atoms with Gasteiger partial charge in [0, 0.05) is 37.9 Å². The van der Waals surface area contributed by atoms with Crippen LogP contribution in [0.5, 0.6) is 0 Å². The maximum atomic E-state index is 12.4. The molecule has 1 aromatic rings. The van der Waals surface area contributed by atoms with Crippen LogP contribution in [0.2, 0.25) is 0 Å². The summed E-state index contributed by atoms with van der Waals surface area (Å²) in [5, 5.41) is 3.17. The number of aromatic nitrogens is 1. The van der Waals surface area contributed by atoms with Gasteiger partial charge in [-0.1, -0.05) is 0 Å². The smallest absolute Gasteiger partial charge is 0.172 e. The van der Waals surface area contributed by atoms with Crippen molar-refractivity contribution < 1.29 is 4.79 Å². The van der Waals surface area contributed by atoms with Crippen LogP contribution < -0.4 is 10.2 Å². The summed E-state index contributed by atoms with van der Waals surface area (Å²) in [5.41, 5.74) is 1.61. The van der Waals surface area contributed by atoms with E-state index in [0.717, 1.165) is 37.4 Å². The highest BCUT2D eigenvalue weighted by Gasteiger charge is 2.39. The van der Waals surface area contributed by atoms with Gasteiger partial charge in [0.15, 0.2) is 5.78 Å². The second kappa shape index (κ2) is 4.35. The van der Waals surface area contributed by atoms with E-state index in [1.165, 1.54) is 12.8 Å². The third-order valence-corrected chi connectivity index (χ3v) is 4.04. The third-order valence-electron chi connectivity index (χ3n) is 4.04. The third kappa shape index (κ3) is 1.90. The molecule has 0 radical (unpaired) electrons. The molecule has 2 aliphatic heterocycles. The summed E-state index contributed by atoms with van der Waals surface area (Å²) < 4.78 is 0. The van der Waals surface area contributed by atoms with Crippen LogP contribution in [0, 0.1) is 5.41 Å². The molecule has 4 heteroatoms. The molecule has 0 amide bonds. The molecule has 0 spiro atoms. The molecular formula is C14H19N3O. The Balaban J connectivity index is 1.84. The predicted molar refractivity (Wildman–Crippen MR) is 71.0 cm³/mol. The van der Waals surface area contributed by atoms with Crippen molar-refractivity contribution in [3.8, 4) is 0 Å². The van der Waals surface area contributed by atoms with Crippen LogP contribution in [0.3, 0.4) is 0 Å². The molecule has 1 aromatic heterocycles. The van der Waals surface area contributed by atoms with Crippen LogP contribution in [0.25, 0.3) is 0 Å². The average Bonchev–Trinajstić information content (AvgIpc) is 2.89. The largest absolute Gasteiger partial charge is 0.370 e. The minimum absolute atomic E-state index is 0.217. The van der Waals surface area contributed by atoms with Crippen molar-refractivity contribution in [2.24, 2.45) is 5.41 Å². The summed E-state index contributed by atoms with van der Waals surface area (Å²) in [6.45, 7) is 5.74. The fraction of sp³-hybridized carbons (Fsp3) is 0.571. The number of hydrogen-bond acceptors (Lipinski definition) is 4. The molecule has 0 aliphatic carbocycles. The number of hydrogen-bond donors (Lipinski definition) is 1. The lowest BCUT2D eigenvalue weighted by molar-refractivity contribution is 0.0721. The molecule has 96 valence electrons. The number of nitrogens with zero attached hydrogens (tertiary/aromatic N) is 2. The number of carbonyl (C=O) groups excluding carboxylic acids is 1. The average molecular weight is 245 g/mol. The van der Waals surface area contributed by atoms with Crippen molar-refractivity contribution in [2.75, 3.05) is 31.1 Å². The second-order valence-electron chi connectivity index (χ2n) is 5.62. The Kier molecular flexibility index (Phi) is 2.82. The quantitative estimate of drug-likeness (QED) is 0.819. The Hall–Kier alpha value is -1.42. The number of Topliss-reactive ketones (excluding diaryl/α,β-unsaturated/α-hetero) is 1. The summed E-state index contributed by atoms with van der Waals surface area (Å²) in [6.07, 6.45) is 6.04. The van der Waals surface area contributed by atoms with Crippen LogP contribution >= 0.6 is 0 Å². The van der Waals surface area contributed by atoms with E-state index in [-0.39, 0.29) is 11.2 Å². The lowest BCUT2D eigenvalue weighted by Crippen LogP contribution is -2.56. The van der Waals surface area contributed by atoms with E-state index >= 15 is 0 Å². The zero-order chi connectivity index (χ0) is 12.6. The van der Waals surface area contributed by atoms with Crippen LogP contribution in [-0.2, 0) is 0 Å². The Labute approximate surface area is 107 Å². The van der Waals surface area contributed by atoms with Crippen molar-refractivity contribution in [1.82, 2.24) is 10.3 Å². The van der Waals surface area contributed by atoms with E-state index < -0.39 is 0 Å². The highest BCUT2D eigenvalue weighted by atomic mass is 16.1. The normalized spacial score (nSPS) is 21.7. The Morgan fingerprint density at radius 1 is 1.33 bits per heavy atom. The van der Waals surface area contributed by atoms with Gasteiger partial charge in [0.1, 0.15) is 0 Å². The summed E-state index contributed by atoms with van der Waals surface area (Å²) in [4.78, 5) is 19.0. The van der Waals surface area contributed by atoms with Crippen molar-refractivity contribution in [3.05, 3.63) is 24.0 Å². The van der Waals surface area contributed by atoms with Crippen LogP contribution in [0.15, 0.2) is 18.5 Å². The standard InChI is InChI=1S/C14H19N3O/c1-14(9-16-10-14)13(18)11-6-12(8-15-7-11)17-4-2-3-5-17/h6-8,16H,2-5,9-10H2,1H3. The van der Waals surface area contributed by atoms with Gasteiger partial charge in [-0.05, 0) is 25.8 Å². The molecule has 2 fully saturated rings. The molecule has 0 aromatic carbocycles. The first kappa shape index (κ1) is 11.7. The molecule has 2 saturated heterocycles. The maximum Gasteiger partial charge on any atom is 0.172 e. The van der Waals surface area contributed by atoms with Gasteiger partial charge in [-0.25, -0.2) is 0 Å². The molecule has 4 nitrogen and oxygen atoms in total. The number of rotatable bonds is 3. The van der Waals surface area contributed by atoms with Gasteiger partial charge >= 0.3 is 0 Å². The molecule has 2 aliphatic rings. The Morgan fingerprint density at radius 3 is 2.67 bits per heavy atom. The zero-order valence-corrected chi connectivity index (χ0v) is 10.8. The van der Waals surface area contributed by atoms with Gasteiger partial charge in [-0.2, -0.15) is 0 Å². The van der Waals surface area contributed by atoms with Crippen LogP contribution in [-0.4, -0.2) is 36.9 Å². The van der Waals surface area contributed by atoms with Crippen molar-refractivity contribution >= 4 is 11.5 Å². The number of pyridine rings is 1. The van der Waals surface area contributed by atoms with E-state index in [1.54, 1.807) is 6.20 Å². The van der Waals surface area contributed by atoms with Gasteiger partial charge < -0.3 is 10.2 Å². The summed E-state index contributed by atoms with van der Waals surface area (Å²) >= 11 is 0. The first-order chi connectivity index (χ1) is 8.69. The Bertz CT molecular complexity index is 462. The number of ketones is 1. The molecule has 18 heavy (non-hydrogen) atoms. The highest BCUT2D eigenvalue weighted by molar-refractivity contribution is 6.01. The van der Waals surface area contributed by atoms with Crippen molar-refractivity contribution in [3.63, 3.8) is 0 Å². The van der Waals surface area contributed by atoms with Crippen molar-refractivity contribution in [2.45, 2.75) is 19.8 Å². The summed E-state index contributed by atoms with van der Waals surface area (Å²) in [5.74, 6) is 0.217. The van der Waals surface area contributed by atoms with Gasteiger partial charge in [0.2, 0.25) is 0 Å². The molecule has 3 rings (SSSR count). The number of nitrogens with one attached hydrogen (secondary N) is 1. The fourth-order valence-corrected chi connectivity index (χ4v) is 2.71. The van der Waals surface area contributed by atoms with Crippen LogP contribution in [0.4, 0.5) is 5.69 Å². The molecule has 1 N–H and O–H groups in total. The lowest BCUT2D eigenvalue weighted by atomic mass is 9.77. The summed E-state index contributed by atoms with van der Waals surface area (Å²) in [6, 6.07) is 2.00. The zero-order valence-electron chi connectivity index (χ0n) is 10.8. The van der Waals surface area contributed by atoms with E-state index in [0.29, 0.717) is 0 Å². The SMILES string of the molecule is CC1(C(=O)c2cncc(N3CCCC3)c2)CNC1. The van der Waals surface area contributed by atoms with Gasteiger partial charge in [0.05, 0.1) is 17.3 Å². The lowest BCUT2D eigenvalue weighted by Gasteiger charge is -2.37. The Morgan fingerprint density at radius 2 is 2.06 bits per heavy atom. The highest BCUT2D eigenvalue weighted by Crippen LogP contribution is 2.28.